The molecule has 1 N–H and O–H groups in total. The molecule has 4 rings (SSSR count). The van der Waals surface area contributed by atoms with Crippen molar-refractivity contribution in [1.82, 2.24) is 4.72 Å². The first-order valence-corrected chi connectivity index (χ1v) is 11.2. The van der Waals surface area contributed by atoms with Crippen molar-refractivity contribution in [3.05, 3.63) is 105 Å². The van der Waals surface area contributed by atoms with Crippen LogP contribution in [0.2, 0.25) is 0 Å². The Hall–Kier alpha value is -3.03. The predicted octanol–water partition coefficient (Wildman–Crippen LogP) is 4.33. The minimum atomic E-state index is -3.83. The zero-order valence-electron chi connectivity index (χ0n) is 16.5. The second-order valence-electron chi connectivity index (χ2n) is 7.60. The molecule has 7 heteroatoms. The lowest BCUT2D eigenvalue weighted by Gasteiger charge is -2.34. The van der Waals surface area contributed by atoms with Crippen molar-refractivity contribution in [2.24, 2.45) is 0 Å². The number of hydrogen-bond acceptors (Lipinski definition) is 4. The first-order valence-electron chi connectivity index (χ1n) is 9.76. The lowest BCUT2D eigenvalue weighted by Crippen LogP contribution is -2.42. The smallest absolute Gasteiger partial charge is 0.258 e. The van der Waals surface area contributed by atoms with Gasteiger partial charge in [0, 0.05) is 24.1 Å². The summed E-state index contributed by atoms with van der Waals surface area (Å²) in [7, 11) is -3.83. The summed E-state index contributed by atoms with van der Waals surface area (Å²) < 4.78 is 29.0. The molecule has 1 aliphatic carbocycles. The number of hydrogen-bond donors (Lipinski definition) is 1. The normalized spacial score (nSPS) is 18.6. The highest BCUT2D eigenvalue weighted by Gasteiger charge is 2.33. The first kappa shape index (κ1) is 20.3. The van der Waals surface area contributed by atoms with Gasteiger partial charge in [-0.25, -0.2) is 13.1 Å². The Morgan fingerprint density at radius 1 is 0.967 bits per heavy atom. The van der Waals surface area contributed by atoms with E-state index in [1.165, 1.54) is 29.8 Å². The van der Waals surface area contributed by atoms with Crippen LogP contribution in [0.3, 0.4) is 0 Å². The molecular weight excluding hydrogens is 400 g/mol. The number of fused-ring (bicyclic) bond motifs is 1. The van der Waals surface area contributed by atoms with Gasteiger partial charge in [-0.1, -0.05) is 54.1 Å². The molecule has 0 aromatic heterocycles. The summed E-state index contributed by atoms with van der Waals surface area (Å²) in [6, 6.07) is 21.0. The lowest BCUT2D eigenvalue weighted by atomic mass is 9.76. The van der Waals surface area contributed by atoms with Gasteiger partial charge in [-0.3, -0.25) is 10.1 Å². The number of nitrogens with one attached hydrogen (secondary N) is 1. The van der Waals surface area contributed by atoms with Gasteiger partial charge in [-0.2, -0.15) is 0 Å². The van der Waals surface area contributed by atoms with Gasteiger partial charge in [0.2, 0.25) is 10.0 Å². The van der Waals surface area contributed by atoms with Crippen LogP contribution in [0.4, 0.5) is 5.69 Å². The van der Waals surface area contributed by atoms with Crippen LogP contribution in [0.1, 0.15) is 34.6 Å². The van der Waals surface area contributed by atoms with Crippen LogP contribution in [0.5, 0.6) is 0 Å². The molecule has 3 aromatic carbocycles. The maximum absolute atomic E-state index is 13.0. The number of non-ortho nitro benzene ring substituents is 1. The van der Waals surface area contributed by atoms with Crippen molar-refractivity contribution in [2.45, 2.75) is 36.6 Å². The lowest BCUT2D eigenvalue weighted by molar-refractivity contribution is -0.384. The molecule has 30 heavy (non-hydrogen) atoms. The summed E-state index contributed by atoms with van der Waals surface area (Å²) in [6.45, 7) is 2.02. The van der Waals surface area contributed by atoms with E-state index in [9.17, 15) is 18.5 Å². The van der Waals surface area contributed by atoms with Crippen LogP contribution >= 0.6 is 0 Å². The topological polar surface area (TPSA) is 89.3 Å². The summed E-state index contributed by atoms with van der Waals surface area (Å²) in [4.78, 5) is 10.3. The average Bonchev–Trinajstić information content (AvgIpc) is 2.74. The fraction of sp³-hybridized carbons (Fsp3) is 0.217. The SMILES string of the molecule is Cc1ccc([C@H]2c3ccccc3CC[C@@H]2NS(=O)(=O)c2ccc([N+](=O)[O-])cc2)cc1. The fourth-order valence-electron chi connectivity index (χ4n) is 4.09. The minimum Gasteiger partial charge on any atom is -0.258 e. The third kappa shape index (κ3) is 3.99. The van der Waals surface area contributed by atoms with E-state index in [0.29, 0.717) is 6.42 Å². The van der Waals surface area contributed by atoms with Crippen LogP contribution < -0.4 is 4.72 Å². The van der Waals surface area contributed by atoms with Gasteiger partial charge < -0.3 is 0 Å². The molecule has 0 fully saturated rings. The second-order valence-corrected chi connectivity index (χ2v) is 9.32. The molecule has 0 saturated heterocycles. The van der Waals surface area contributed by atoms with Crippen molar-refractivity contribution >= 4 is 15.7 Å². The Morgan fingerprint density at radius 3 is 2.30 bits per heavy atom. The number of nitro benzene ring substituents is 1. The zero-order valence-corrected chi connectivity index (χ0v) is 17.3. The van der Waals surface area contributed by atoms with Gasteiger partial charge in [0.1, 0.15) is 0 Å². The van der Waals surface area contributed by atoms with E-state index in [4.69, 9.17) is 0 Å². The molecule has 0 unspecified atom stereocenters. The van der Waals surface area contributed by atoms with Crippen molar-refractivity contribution in [1.29, 1.82) is 0 Å². The largest absolute Gasteiger partial charge is 0.269 e. The van der Waals surface area contributed by atoms with Crippen LogP contribution in [0.25, 0.3) is 0 Å². The molecule has 0 heterocycles. The molecule has 0 aliphatic heterocycles. The summed E-state index contributed by atoms with van der Waals surface area (Å²) in [5.74, 6) is -0.108. The van der Waals surface area contributed by atoms with Crippen molar-refractivity contribution < 1.29 is 13.3 Å². The molecule has 0 spiro atoms. The van der Waals surface area contributed by atoms with Gasteiger partial charge >= 0.3 is 0 Å². The summed E-state index contributed by atoms with van der Waals surface area (Å²) in [5.41, 5.74) is 4.42. The van der Waals surface area contributed by atoms with E-state index in [-0.39, 0.29) is 22.5 Å². The summed E-state index contributed by atoms with van der Waals surface area (Å²) in [6.07, 6.45) is 1.45. The third-order valence-corrected chi connectivity index (χ3v) is 7.12. The molecule has 6 nitrogen and oxygen atoms in total. The molecule has 1 aliphatic rings. The van der Waals surface area contributed by atoms with Gasteiger partial charge in [0.15, 0.2) is 0 Å². The summed E-state index contributed by atoms with van der Waals surface area (Å²) in [5, 5.41) is 10.9. The third-order valence-electron chi connectivity index (χ3n) is 5.62. The Morgan fingerprint density at radius 2 is 1.63 bits per heavy atom. The number of benzene rings is 3. The number of aryl methyl sites for hydroxylation is 2. The molecule has 0 amide bonds. The Labute approximate surface area is 175 Å². The Bertz CT molecular complexity index is 1170. The van der Waals surface area contributed by atoms with Gasteiger partial charge in [-0.15, -0.1) is 0 Å². The molecule has 0 radical (unpaired) electrons. The summed E-state index contributed by atoms with van der Waals surface area (Å²) >= 11 is 0. The van der Waals surface area contributed by atoms with Crippen molar-refractivity contribution in [3.8, 4) is 0 Å². The number of nitrogens with zero attached hydrogens (tertiary/aromatic N) is 1. The molecule has 154 valence electrons. The highest BCUT2D eigenvalue weighted by atomic mass is 32.2. The first-order chi connectivity index (χ1) is 14.3. The molecular formula is C23H22N2O4S. The number of nitro groups is 1. The molecule has 2 atom stereocenters. The van der Waals surface area contributed by atoms with Gasteiger partial charge in [0.25, 0.3) is 5.69 Å². The molecule has 3 aromatic rings. The monoisotopic (exact) mass is 422 g/mol. The maximum atomic E-state index is 13.0. The Balaban J connectivity index is 1.69. The van der Waals surface area contributed by atoms with E-state index in [1.54, 1.807) is 0 Å². The number of sulfonamides is 1. The second kappa shape index (κ2) is 8.01. The zero-order chi connectivity index (χ0) is 21.3. The number of rotatable bonds is 5. The highest BCUT2D eigenvalue weighted by molar-refractivity contribution is 7.89. The van der Waals surface area contributed by atoms with E-state index >= 15 is 0 Å². The van der Waals surface area contributed by atoms with E-state index in [1.807, 2.05) is 31.2 Å². The predicted molar refractivity (Wildman–Crippen MR) is 115 cm³/mol. The minimum absolute atomic E-state index is 0.0228. The van der Waals surface area contributed by atoms with E-state index in [2.05, 4.69) is 29.0 Å². The quantitative estimate of drug-likeness (QED) is 0.490. The molecule has 0 bridgehead atoms. The molecule has 0 saturated carbocycles. The van der Waals surface area contributed by atoms with Crippen LogP contribution in [0.15, 0.2) is 77.7 Å². The van der Waals surface area contributed by atoms with E-state index in [0.717, 1.165) is 23.1 Å². The Kier molecular flexibility index (Phi) is 5.40. The van der Waals surface area contributed by atoms with Crippen molar-refractivity contribution in [2.75, 3.05) is 0 Å². The van der Waals surface area contributed by atoms with Gasteiger partial charge in [-0.05, 0) is 48.6 Å². The van der Waals surface area contributed by atoms with Crippen LogP contribution in [0, 0.1) is 17.0 Å². The maximum Gasteiger partial charge on any atom is 0.269 e. The fourth-order valence-corrected chi connectivity index (χ4v) is 5.37. The highest BCUT2D eigenvalue weighted by Crippen LogP contribution is 2.37. The average molecular weight is 423 g/mol. The van der Waals surface area contributed by atoms with E-state index < -0.39 is 14.9 Å². The van der Waals surface area contributed by atoms with Crippen LogP contribution in [-0.2, 0) is 16.4 Å². The standard InChI is InChI=1S/C23H22N2O4S/c1-16-6-8-18(9-7-16)23-21-5-3-2-4-17(21)10-15-22(23)24-30(28,29)20-13-11-19(12-14-20)25(26)27/h2-9,11-14,22-24H,10,15H2,1H3/t22-,23-/m0/s1. The van der Waals surface area contributed by atoms with Gasteiger partial charge in [0.05, 0.1) is 9.82 Å². The van der Waals surface area contributed by atoms with Crippen molar-refractivity contribution in [3.63, 3.8) is 0 Å². The van der Waals surface area contributed by atoms with Crippen LogP contribution in [-0.4, -0.2) is 19.4 Å².